The second-order valence-corrected chi connectivity index (χ2v) is 4.21. The van der Waals surface area contributed by atoms with Gasteiger partial charge in [-0.25, -0.2) is 14.2 Å². The first-order valence-electron chi connectivity index (χ1n) is 5.64. The van der Waals surface area contributed by atoms with Crippen molar-refractivity contribution in [1.82, 2.24) is 9.55 Å². The molecule has 0 bridgehead atoms. The first-order valence-corrected chi connectivity index (χ1v) is 5.64. The van der Waals surface area contributed by atoms with Crippen molar-refractivity contribution in [2.75, 3.05) is 12.8 Å². The first kappa shape index (κ1) is 13.1. The normalized spacial score (nSPS) is 10.5. The Balaban J connectivity index is 2.62. The SMILES string of the molecule is COC(=O)c1nc(C)n(-c2cc(C)cc(F)c2)c1N. The molecule has 0 radical (unpaired) electrons. The molecule has 0 spiro atoms. The number of imidazole rings is 1. The number of carbonyl (C=O) groups excluding carboxylic acids is 1. The molecule has 5 nitrogen and oxygen atoms in total. The maximum absolute atomic E-state index is 13.4. The van der Waals surface area contributed by atoms with Crippen LogP contribution in [0.1, 0.15) is 21.9 Å². The number of ether oxygens (including phenoxy) is 1. The van der Waals surface area contributed by atoms with E-state index >= 15 is 0 Å². The van der Waals surface area contributed by atoms with Gasteiger partial charge >= 0.3 is 5.97 Å². The second kappa shape index (κ2) is 4.72. The van der Waals surface area contributed by atoms with E-state index in [1.807, 2.05) is 0 Å². The highest BCUT2D eigenvalue weighted by molar-refractivity contribution is 5.92. The average Bonchev–Trinajstić information content (AvgIpc) is 2.62. The Hall–Kier alpha value is -2.37. The van der Waals surface area contributed by atoms with Crippen molar-refractivity contribution in [3.63, 3.8) is 0 Å². The fraction of sp³-hybridized carbons (Fsp3) is 0.231. The molecular weight excluding hydrogens is 249 g/mol. The highest BCUT2D eigenvalue weighted by atomic mass is 19.1. The zero-order chi connectivity index (χ0) is 14.2. The summed E-state index contributed by atoms with van der Waals surface area (Å²) in [6.45, 7) is 3.46. The minimum atomic E-state index is -0.618. The molecule has 0 saturated heterocycles. The van der Waals surface area contributed by atoms with Crippen LogP contribution in [0.3, 0.4) is 0 Å². The molecule has 0 fully saturated rings. The summed E-state index contributed by atoms with van der Waals surface area (Å²) in [6.07, 6.45) is 0. The molecule has 1 aromatic carbocycles. The van der Waals surface area contributed by atoms with E-state index in [9.17, 15) is 9.18 Å². The predicted molar refractivity (Wildman–Crippen MR) is 68.7 cm³/mol. The fourth-order valence-electron chi connectivity index (χ4n) is 1.97. The number of aryl methyl sites for hydroxylation is 2. The third-order valence-electron chi connectivity index (χ3n) is 2.74. The molecule has 0 saturated carbocycles. The topological polar surface area (TPSA) is 70.1 Å². The monoisotopic (exact) mass is 263 g/mol. The maximum Gasteiger partial charge on any atom is 0.360 e. The van der Waals surface area contributed by atoms with Gasteiger partial charge < -0.3 is 10.5 Å². The van der Waals surface area contributed by atoms with Crippen molar-refractivity contribution in [2.45, 2.75) is 13.8 Å². The van der Waals surface area contributed by atoms with Crippen molar-refractivity contribution in [1.29, 1.82) is 0 Å². The summed E-state index contributed by atoms with van der Waals surface area (Å²) >= 11 is 0. The number of benzene rings is 1. The van der Waals surface area contributed by atoms with E-state index in [-0.39, 0.29) is 17.3 Å². The van der Waals surface area contributed by atoms with Crippen molar-refractivity contribution in [2.24, 2.45) is 0 Å². The van der Waals surface area contributed by atoms with Crippen LogP contribution < -0.4 is 5.73 Å². The number of anilines is 1. The Bertz CT molecular complexity index is 629. The van der Waals surface area contributed by atoms with Gasteiger partial charge in [0.05, 0.1) is 12.8 Å². The summed E-state index contributed by atoms with van der Waals surface area (Å²) in [7, 11) is 1.25. The van der Waals surface area contributed by atoms with E-state index in [4.69, 9.17) is 5.73 Å². The summed E-state index contributed by atoms with van der Waals surface area (Å²) in [5.74, 6) is -0.369. The van der Waals surface area contributed by atoms with Crippen molar-refractivity contribution in [3.8, 4) is 5.69 Å². The van der Waals surface area contributed by atoms with Crippen LogP contribution in [0.2, 0.25) is 0 Å². The van der Waals surface area contributed by atoms with Gasteiger partial charge in [0.2, 0.25) is 0 Å². The Morgan fingerprint density at radius 2 is 2.05 bits per heavy atom. The van der Waals surface area contributed by atoms with Crippen LogP contribution in [0, 0.1) is 19.7 Å². The molecule has 0 aliphatic rings. The van der Waals surface area contributed by atoms with E-state index in [1.165, 1.54) is 23.8 Å². The lowest BCUT2D eigenvalue weighted by molar-refractivity contribution is 0.0596. The van der Waals surface area contributed by atoms with Crippen molar-refractivity contribution < 1.29 is 13.9 Å². The third-order valence-corrected chi connectivity index (χ3v) is 2.74. The van der Waals surface area contributed by atoms with Crippen LogP contribution in [-0.4, -0.2) is 22.6 Å². The van der Waals surface area contributed by atoms with Crippen LogP contribution in [0.15, 0.2) is 18.2 Å². The fourth-order valence-corrected chi connectivity index (χ4v) is 1.97. The number of nitrogen functional groups attached to an aromatic ring is 1. The van der Waals surface area contributed by atoms with E-state index in [0.717, 1.165) is 5.56 Å². The average molecular weight is 263 g/mol. The summed E-state index contributed by atoms with van der Waals surface area (Å²) in [5, 5.41) is 0. The molecule has 1 aromatic heterocycles. The Labute approximate surface area is 109 Å². The van der Waals surface area contributed by atoms with Gasteiger partial charge in [-0.1, -0.05) is 0 Å². The van der Waals surface area contributed by atoms with Crippen molar-refractivity contribution >= 4 is 11.8 Å². The smallest absolute Gasteiger partial charge is 0.360 e. The van der Waals surface area contributed by atoms with Gasteiger partial charge in [0.25, 0.3) is 0 Å². The molecule has 0 aliphatic heterocycles. The number of hydrogen-bond donors (Lipinski definition) is 1. The van der Waals surface area contributed by atoms with Gasteiger partial charge in [-0.05, 0) is 37.6 Å². The van der Waals surface area contributed by atoms with E-state index in [0.29, 0.717) is 11.5 Å². The van der Waals surface area contributed by atoms with Gasteiger partial charge in [0, 0.05) is 0 Å². The molecule has 0 aliphatic carbocycles. The quantitative estimate of drug-likeness (QED) is 0.841. The van der Waals surface area contributed by atoms with Gasteiger partial charge in [-0.3, -0.25) is 4.57 Å². The zero-order valence-electron chi connectivity index (χ0n) is 10.9. The molecule has 6 heteroatoms. The zero-order valence-corrected chi connectivity index (χ0v) is 10.9. The van der Waals surface area contributed by atoms with E-state index in [1.54, 1.807) is 19.9 Å². The van der Waals surface area contributed by atoms with Crippen LogP contribution >= 0.6 is 0 Å². The number of aromatic nitrogens is 2. The number of nitrogens with two attached hydrogens (primary N) is 1. The molecule has 0 atom stereocenters. The molecule has 2 aromatic rings. The molecule has 1 heterocycles. The summed E-state index contributed by atoms with van der Waals surface area (Å²) in [5.41, 5.74) is 7.19. The van der Waals surface area contributed by atoms with Crippen LogP contribution in [-0.2, 0) is 4.74 Å². The number of rotatable bonds is 2. The van der Waals surface area contributed by atoms with Crippen LogP contribution in [0.5, 0.6) is 0 Å². The number of nitrogens with zero attached hydrogens (tertiary/aromatic N) is 2. The Morgan fingerprint density at radius 1 is 1.37 bits per heavy atom. The van der Waals surface area contributed by atoms with Crippen LogP contribution in [0.4, 0.5) is 10.2 Å². The number of hydrogen-bond acceptors (Lipinski definition) is 4. The lowest BCUT2D eigenvalue weighted by Crippen LogP contribution is -2.08. The van der Waals surface area contributed by atoms with Gasteiger partial charge in [0.1, 0.15) is 17.5 Å². The van der Waals surface area contributed by atoms with Gasteiger partial charge in [0.15, 0.2) is 5.69 Å². The Morgan fingerprint density at radius 3 is 2.63 bits per heavy atom. The minimum absolute atomic E-state index is 0.0296. The summed E-state index contributed by atoms with van der Waals surface area (Å²) in [6, 6.07) is 4.50. The molecule has 2 N–H and O–H groups in total. The molecular formula is C13H14FN3O2. The van der Waals surface area contributed by atoms with Crippen molar-refractivity contribution in [3.05, 3.63) is 41.1 Å². The molecule has 19 heavy (non-hydrogen) atoms. The summed E-state index contributed by atoms with van der Waals surface area (Å²) in [4.78, 5) is 15.6. The molecule has 100 valence electrons. The lowest BCUT2D eigenvalue weighted by atomic mass is 10.2. The summed E-state index contributed by atoms with van der Waals surface area (Å²) < 4.78 is 19.6. The minimum Gasteiger partial charge on any atom is -0.464 e. The van der Waals surface area contributed by atoms with Crippen LogP contribution in [0.25, 0.3) is 5.69 Å². The van der Waals surface area contributed by atoms with E-state index in [2.05, 4.69) is 9.72 Å². The number of halogens is 1. The molecule has 0 unspecified atom stereocenters. The van der Waals surface area contributed by atoms with Gasteiger partial charge in [-0.15, -0.1) is 0 Å². The highest BCUT2D eigenvalue weighted by Gasteiger charge is 2.20. The number of methoxy groups -OCH3 is 1. The molecule has 2 rings (SSSR count). The Kier molecular flexibility index (Phi) is 3.25. The largest absolute Gasteiger partial charge is 0.464 e. The number of esters is 1. The molecule has 0 amide bonds. The first-order chi connectivity index (χ1) is 8.93. The predicted octanol–water partition coefficient (Wildman–Crippen LogP) is 2.00. The maximum atomic E-state index is 13.4. The highest BCUT2D eigenvalue weighted by Crippen LogP contribution is 2.22. The number of carbonyl (C=O) groups is 1. The second-order valence-electron chi connectivity index (χ2n) is 4.21. The third kappa shape index (κ3) is 2.29. The lowest BCUT2D eigenvalue weighted by Gasteiger charge is -2.09. The standard InChI is InChI=1S/C13H14FN3O2/c1-7-4-9(14)6-10(5-7)17-8(2)16-11(12(17)15)13(18)19-3/h4-6H,15H2,1-3H3. The van der Waals surface area contributed by atoms with Gasteiger partial charge in [-0.2, -0.15) is 0 Å². The van der Waals surface area contributed by atoms with E-state index < -0.39 is 5.97 Å².